The van der Waals surface area contributed by atoms with Gasteiger partial charge >= 0.3 is 18.0 Å². The van der Waals surface area contributed by atoms with Crippen molar-refractivity contribution in [3.05, 3.63) is 75.8 Å². The van der Waals surface area contributed by atoms with Gasteiger partial charge in [0.1, 0.15) is 18.7 Å². The molecule has 2 amide bonds. The Morgan fingerprint density at radius 2 is 1.53 bits per heavy atom. The zero-order chi connectivity index (χ0) is 28.2. The highest BCUT2D eigenvalue weighted by molar-refractivity contribution is 5.90. The van der Waals surface area contributed by atoms with Crippen molar-refractivity contribution in [1.29, 1.82) is 0 Å². The minimum atomic E-state index is -1.38. The summed E-state index contributed by atoms with van der Waals surface area (Å²) in [5.74, 6) is -3.66. The van der Waals surface area contributed by atoms with Crippen molar-refractivity contribution in [3.8, 4) is 0 Å². The molecule has 0 saturated carbocycles. The van der Waals surface area contributed by atoms with Gasteiger partial charge in [-0.25, -0.2) is 9.59 Å². The van der Waals surface area contributed by atoms with Gasteiger partial charge in [0.25, 0.3) is 5.69 Å². The summed E-state index contributed by atoms with van der Waals surface area (Å²) in [7, 11) is 2.28. The zero-order valence-electron chi connectivity index (χ0n) is 21.5. The quantitative estimate of drug-likeness (QED) is 0.182. The number of ether oxygens (including phenoxy) is 3. The molecule has 38 heavy (non-hydrogen) atoms. The Balaban J connectivity index is 2.26. The molecule has 2 aromatic rings. The topological polar surface area (TPSA) is 163 Å². The number of esters is 2. The summed E-state index contributed by atoms with van der Waals surface area (Å²) in [6.07, 6.45) is -1.17. The van der Waals surface area contributed by atoms with Gasteiger partial charge in [0, 0.05) is 18.1 Å². The SMILES string of the molecule is COC(=O)C[C@H](c1ccc([N+](=O)[O-])cc1)[C@H](NC(=O)[C@H](NC(=O)OCc1ccccc1)C(C)C)C(=O)OC. The van der Waals surface area contributed by atoms with Crippen LogP contribution in [0.25, 0.3) is 0 Å². The third-order valence-electron chi connectivity index (χ3n) is 5.74. The number of carbonyl (C=O) groups is 4. The Morgan fingerprint density at radius 3 is 2.05 bits per heavy atom. The molecule has 2 N–H and O–H groups in total. The fourth-order valence-electron chi connectivity index (χ4n) is 3.65. The maximum Gasteiger partial charge on any atom is 0.408 e. The van der Waals surface area contributed by atoms with Crippen molar-refractivity contribution in [2.45, 2.75) is 44.9 Å². The van der Waals surface area contributed by atoms with Gasteiger partial charge in [-0.15, -0.1) is 0 Å². The molecule has 0 saturated heterocycles. The predicted octanol–water partition coefficient (Wildman–Crippen LogP) is 2.85. The molecule has 0 aromatic heterocycles. The number of non-ortho nitro benzene ring substituents is 1. The van der Waals surface area contributed by atoms with Crippen LogP contribution in [0.2, 0.25) is 0 Å². The number of carbonyl (C=O) groups excluding carboxylic acids is 4. The van der Waals surface area contributed by atoms with E-state index in [1.807, 2.05) is 6.07 Å². The lowest BCUT2D eigenvalue weighted by Gasteiger charge is -2.29. The number of rotatable bonds is 12. The van der Waals surface area contributed by atoms with Crippen LogP contribution in [0.4, 0.5) is 10.5 Å². The van der Waals surface area contributed by atoms with Crippen LogP contribution in [0, 0.1) is 16.0 Å². The minimum Gasteiger partial charge on any atom is -0.469 e. The largest absolute Gasteiger partial charge is 0.469 e. The van der Waals surface area contributed by atoms with E-state index in [-0.39, 0.29) is 18.7 Å². The van der Waals surface area contributed by atoms with E-state index in [9.17, 15) is 29.3 Å². The molecule has 0 aliphatic heterocycles. The summed E-state index contributed by atoms with van der Waals surface area (Å²) in [6, 6.07) is 11.7. The minimum absolute atomic E-state index is 0.00869. The van der Waals surface area contributed by atoms with Crippen LogP contribution in [0.15, 0.2) is 54.6 Å². The van der Waals surface area contributed by atoms with E-state index in [1.54, 1.807) is 38.1 Å². The number of hydrogen-bond donors (Lipinski definition) is 2. The van der Waals surface area contributed by atoms with Crippen molar-refractivity contribution < 1.29 is 38.3 Å². The van der Waals surface area contributed by atoms with E-state index >= 15 is 0 Å². The van der Waals surface area contributed by atoms with Crippen LogP contribution >= 0.6 is 0 Å². The van der Waals surface area contributed by atoms with Gasteiger partial charge in [-0.1, -0.05) is 56.3 Å². The Labute approximate surface area is 219 Å². The number of benzene rings is 2. The Hall–Kier alpha value is -4.48. The second-order valence-electron chi connectivity index (χ2n) is 8.67. The van der Waals surface area contributed by atoms with E-state index in [4.69, 9.17) is 14.2 Å². The standard InChI is InChI=1S/C26H31N3O9/c1-16(2)22(28-26(33)38-15-17-8-6-5-7-9-17)24(31)27-23(25(32)37-4)20(14-21(30)36-3)18-10-12-19(13-11-18)29(34)35/h5-13,16,20,22-23H,14-15H2,1-4H3,(H,27,31)(H,28,33)/t20-,22-,23+/m1/s1. The van der Waals surface area contributed by atoms with Gasteiger partial charge < -0.3 is 24.8 Å². The second-order valence-corrected chi connectivity index (χ2v) is 8.67. The molecule has 0 heterocycles. The number of hydrogen-bond acceptors (Lipinski definition) is 9. The summed E-state index contributed by atoms with van der Waals surface area (Å²) in [6.45, 7) is 3.37. The molecular formula is C26H31N3O9. The Kier molecular flexibility index (Phi) is 11.2. The predicted molar refractivity (Wildman–Crippen MR) is 135 cm³/mol. The van der Waals surface area contributed by atoms with Crippen LogP contribution in [-0.4, -0.2) is 55.2 Å². The molecular weight excluding hydrogens is 498 g/mol. The number of amides is 2. The number of methoxy groups -OCH3 is 2. The monoisotopic (exact) mass is 529 g/mol. The summed E-state index contributed by atoms with van der Waals surface area (Å²) >= 11 is 0. The number of nitrogens with one attached hydrogen (secondary N) is 2. The molecule has 3 atom stereocenters. The smallest absolute Gasteiger partial charge is 0.408 e. The summed E-state index contributed by atoms with van der Waals surface area (Å²) < 4.78 is 14.8. The highest BCUT2D eigenvalue weighted by atomic mass is 16.6. The first-order valence-corrected chi connectivity index (χ1v) is 11.7. The molecule has 0 aliphatic rings. The van der Waals surface area contributed by atoms with Crippen molar-refractivity contribution in [2.24, 2.45) is 5.92 Å². The van der Waals surface area contributed by atoms with E-state index in [1.165, 1.54) is 31.4 Å². The van der Waals surface area contributed by atoms with Crippen LogP contribution < -0.4 is 10.6 Å². The lowest BCUT2D eigenvalue weighted by Crippen LogP contribution is -2.55. The Bertz CT molecular complexity index is 1120. The number of nitro benzene ring substituents is 1. The van der Waals surface area contributed by atoms with E-state index in [0.29, 0.717) is 5.56 Å². The molecule has 2 aromatic carbocycles. The summed E-state index contributed by atoms with van der Waals surface area (Å²) in [5.41, 5.74) is 0.919. The molecule has 12 heteroatoms. The van der Waals surface area contributed by atoms with E-state index in [2.05, 4.69) is 10.6 Å². The summed E-state index contributed by atoms with van der Waals surface area (Å²) in [4.78, 5) is 61.1. The number of nitrogens with zero attached hydrogens (tertiary/aromatic N) is 1. The first-order valence-electron chi connectivity index (χ1n) is 11.7. The average Bonchev–Trinajstić information content (AvgIpc) is 2.92. The molecule has 0 unspecified atom stereocenters. The molecule has 0 aliphatic carbocycles. The normalized spacial score (nSPS) is 13.0. The van der Waals surface area contributed by atoms with Gasteiger partial charge in [-0.05, 0) is 17.0 Å². The van der Waals surface area contributed by atoms with Crippen LogP contribution in [0.5, 0.6) is 0 Å². The van der Waals surface area contributed by atoms with Crippen LogP contribution in [0.3, 0.4) is 0 Å². The fourth-order valence-corrected chi connectivity index (χ4v) is 3.65. The molecule has 0 spiro atoms. The average molecular weight is 530 g/mol. The van der Waals surface area contributed by atoms with Crippen molar-refractivity contribution in [3.63, 3.8) is 0 Å². The summed E-state index contributed by atoms with van der Waals surface area (Å²) in [5, 5.41) is 16.1. The van der Waals surface area contributed by atoms with E-state index in [0.717, 1.165) is 12.7 Å². The maximum atomic E-state index is 13.3. The molecule has 204 valence electrons. The molecule has 0 fully saturated rings. The lowest BCUT2D eigenvalue weighted by atomic mass is 9.87. The van der Waals surface area contributed by atoms with Gasteiger partial charge in [-0.2, -0.15) is 0 Å². The zero-order valence-corrected chi connectivity index (χ0v) is 21.5. The lowest BCUT2D eigenvalue weighted by molar-refractivity contribution is -0.384. The number of alkyl carbamates (subject to hydrolysis) is 1. The maximum absolute atomic E-state index is 13.3. The second kappa shape index (κ2) is 14.3. The molecule has 0 radical (unpaired) electrons. The highest BCUT2D eigenvalue weighted by Gasteiger charge is 2.37. The first kappa shape index (κ1) is 29.7. The highest BCUT2D eigenvalue weighted by Crippen LogP contribution is 2.27. The van der Waals surface area contributed by atoms with Crippen molar-refractivity contribution in [1.82, 2.24) is 10.6 Å². The van der Waals surface area contributed by atoms with E-state index < -0.39 is 52.8 Å². The number of nitro groups is 1. The van der Waals surface area contributed by atoms with Crippen LogP contribution in [0.1, 0.15) is 37.3 Å². The van der Waals surface area contributed by atoms with Crippen molar-refractivity contribution >= 4 is 29.6 Å². The Morgan fingerprint density at radius 1 is 0.895 bits per heavy atom. The van der Waals surface area contributed by atoms with Gasteiger partial charge in [0.2, 0.25) is 5.91 Å². The third-order valence-corrected chi connectivity index (χ3v) is 5.74. The van der Waals surface area contributed by atoms with Gasteiger partial charge in [-0.3, -0.25) is 19.7 Å². The third kappa shape index (κ3) is 8.57. The molecule has 12 nitrogen and oxygen atoms in total. The molecule has 2 rings (SSSR count). The van der Waals surface area contributed by atoms with Crippen molar-refractivity contribution in [2.75, 3.05) is 14.2 Å². The van der Waals surface area contributed by atoms with Gasteiger partial charge in [0.05, 0.1) is 25.6 Å². The van der Waals surface area contributed by atoms with Crippen LogP contribution in [-0.2, 0) is 35.2 Å². The fraction of sp³-hybridized carbons (Fsp3) is 0.385. The van der Waals surface area contributed by atoms with Gasteiger partial charge in [0.15, 0.2) is 0 Å². The molecule has 0 bridgehead atoms. The first-order chi connectivity index (χ1) is 18.1.